The van der Waals surface area contributed by atoms with Crippen molar-refractivity contribution in [2.24, 2.45) is 7.05 Å². The summed E-state index contributed by atoms with van der Waals surface area (Å²) in [5.41, 5.74) is 4.29. The zero-order valence-electron chi connectivity index (χ0n) is 17.4. The SMILES string of the molecule is C=CC(c1c(C)nn(C)c1Cl)S(=O)(=O)n1cc(CNC)c(C)c1-c1ccccc1.Cl. The lowest BCUT2D eigenvalue weighted by Gasteiger charge is -2.18. The molecule has 3 rings (SSSR count). The van der Waals surface area contributed by atoms with Crippen molar-refractivity contribution in [3.8, 4) is 11.3 Å². The third kappa shape index (κ3) is 4.07. The van der Waals surface area contributed by atoms with Crippen LogP contribution >= 0.6 is 24.0 Å². The van der Waals surface area contributed by atoms with Crippen LogP contribution in [0.4, 0.5) is 0 Å². The maximum Gasteiger partial charge on any atom is 0.249 e. The van der Waals surface area contributed by atoms with Crippen LogP contribution in [-0.2, 0) is 23.6 Å². The summed E-state index contributed by atoms with van der Waals surface area (Å²) in [5.74, 6) is 0. The Bertz CT molecular complexity index is 1150. The van der Waals surface area contributed by atoms with Crippen molar-refractivity contribution in [1.82, 2.24) is 19.1 Å². The normalized spacial score (nSPS) is 12.4. The molecule has 3 aromatic rings. The minimum Gasteiger partial charge on any atom is -0.316 e. The first kappa shape index (κ1) is 24.2. The highest BCUT2D eigenvalue weighted by Gasteiger charge is 2.34. The molecule has 0 spiro atoms. The molecule has 1 N–H and O–H groups in total. The van der Waals surface area contributed by atoms with Gasteiger partial charge in [-0.1, -0.05) is 48.0 Å². The standard InChI is InChI=1S/C21H25ClN4O2S.ClH/c1-6-18(19-15(3)24-25(5)21(19)22)29(27,28)26-13-17(12-23-4)14(2)20(26)16-10-8-7-9-11-16;/h6-11,13,18,23H,1,12H2,2-5H3;1H. The van der Waals surface area contributed by atoms with E-state index in [9.17, 15) is 8.42 Å². The van der Waals surface area contributed by atoms with Crippen molar-refractivity contribution in [2.75, 3.05) is 7.05 Å². The molecule has 0 saturated heterocycles. The molecule has 6 nitrogen and oxygen atoms in total. The second kappa shape index (κ2) is 9.39. The Morgan fingerprint density at radius 1 is 1.27 bits per heavy atom. The third-order valence-corrected chi connectivity index (χ3v) is 7.39. The lowest BCUT2D eigenvalue weighted by Crippen LogP contribution is -2.21. The van der Waals surface area contributed by atoms with Crippen LogP contribution in [-0.4, -0.2) is 29.2 Å². The fraction of sp³-hybridized carbons (Fsp3) is 0.286. The molecule has 0 amide bonds. The summed E-state index contributed by atoms with van der Waals surface area (Å²) in [6.07, 6.45) is 3.09. The van der Waals surface area contributed by atoms with Crippen LogP contribution in [0.25, 0.3) is 11.3 Å². The number of rotatable bonds is 7. The van der Waals surface area contributed by atoms with E-state index in [0.29, 0.717) is 23.5 Å². The summed E-state index contributed by atoms with van der Waals surface area (Å²) in [7, 11) is -0.383. The maximum absolute atomic E-state index is 13.8. The molecular weight excluding hydrogens is 443 g/mol. The summed E-state index contributed by atoms with van der Waals surface area (Å²) in [4.78, 5) is 0. The van der Waals surface area contributed by atoms with Crippen LogP contribution in [0.3, 0.4) is 0 Å². The van der Waals surface area contributed by atoms with Gasteiger partial charge < -0.3 is 5.32 Å². The molecular formula is C21H26Cl2N4O2S. The van der Waals surface area contributed by atoms with Crippen molar-refractivity contribution in [1.29, 1.82) is 0 Å². The van der Waals surface area contributed by atoms with Gasteiger partial charge >= 0.3 is 0 Å². The minimum atomic E-state index is -3.90. The first-order valence-electron chi connectivity index (χ1n) is 9.20. The van der Waals surface area contributed by atoms with Gasteiger partial charge in [0.25, 0.3) is 0 Å². The fourth-order valence-corrected chi connectivity index (χ4v) is 5.81. The van der Waals surface area contributed by atoms with Crippen LogP contribution in [0.2, 0.25) is 5.15 Å². The second-order valence-electron chi connectivity index (χ2n) is 6.93. The lowest BCUT2D eigenvalue weighted by molar-refractivity contribution is 0.581. The van der Waals surface area contributed by atoms with E-state index < -0.39 is 15.3 Å². The van der Waals surface area contributed by atoms with Gasteiger partial charge in [-0.15, -0.1) is 19.0 Å². The van der Waals surface area contributed by atoms with Gasteiger partial charge in [-0.3, -0.25) is 4.68 Å². The van der Waals surface area contributed by atoms with Gasteiger partial charge in [0.15, 0.2) is 0 Å². The number of hydrogen-bond donors (Lipinski definition) is 1. The van der Waals surface area contributed by atoms with Crippen LogP contribution < -0.4 is 5.32 Å². The molecule has 0 aliphatic rings. The molecule has 0 aliphatic heterocycles. The van der Waals surface area contributed by atoms with Crippen molar-refractivity contribution in [3.05, 3.63) is 76.7 Å². The van der Waals surface area contributed by atoms with Gasteiger partial charge in [0, 0.05) is 25.4 Å². The summed E-state index contributed by atoms with van der Waals surface area (Å²) >= 11 is 6.39. The molecule has 0 saturated carbocycles. The second-order valence-corrected chi connectivity index (χ2v) is 9.22. The fourth-order valence-electron chi connectivity index (χ4n) is 3.61. The number of nitrogens with one attached hydrogen (secondary N) is 1. The average molecular weight is 469 g/mol. The smallest absolute Gasteiger partial charge is 0.249 e. The van der Waals surface area contributed by atoms with Gasteiger partial charge in [-0.25, -0.2) is 12.4 Å². The van der Waals surface area contributed by atoms with Crippen molar-refractivity contribution >= 4 is 34.0 Å². The van der Waals surface area contributed by atoms with E-state index in [1.54, 1.807) is 20.2 Å². The zero-order chi connectivity index (χ0) is 21.3. The highest BCUT2D eigenvalue weighted by atomic mass is 35.5. The van der Waals surface area contributed by atoms with E-state index in [4.69, 9.17) is 11.6 Å². The number of halogens is 2. The number of benzene rings is 1. The van der Waals surface area contributed by atoms with Gasteiger partial charge in [0.1, 0.15) is 10.4 Å². The minimum absolute atomic E-state index is 0. The van der Waals surface area contributed by atoms with E-state index in [1.807, 2.05) is 44.3 Å². The summed E-state index contributed by atoms with van der Waals surface area (Å²) in [6, 6.07) is 9.50. The summed E-state index contributed by atoms with van der Waals surface area (Å²) < 4.78 is 30.5. The Morgan fingerprint density at radius 3 is 2.40 bits per heavy atom. The predicted molar refractivity (Wildman–Crippen MR) is 125 cm³/mol. The molecule has 2 heterocycles. The lowest BCUT2D eigenvalue weighted by atomic mass is 10.1. The van der Waals surface area contributed by atoms with E-state index >= 15 is 0 Å². The number of nitrogens with zero attached hydrogens (tertiary/aromatic N) is 3. The van der Waals surface area contributed by atoms with Gasteiger partial charge in [0.2, 0.25) is 10.0 Å². The molecule has 1 atom stereocenters. The predicted octanol–water partition coefficient (Wildman–Crippen LogP) is 4.41. The number of aryl methyl sites for hydroxylation is 2. The van der Waals surface area contributed by atoms with E-state index in [2.05, 4.69) is 17.0 Å². The van der Waals surface area contributed by atoms with Gasteiger partial charge in [0.05, 0.1) is 11.4 Å². The van der Waals surface area contributed by atoms with Gasteiger partial charge in [-0.2, -0.15) is 5.10 Å². The van der Waals surface area contributed by atoms with E-state index in [-0.39, 0.29) is 17.6 Å². The quantitative estimate of drug-likeness (QED) is 0.521. The Labute approximate surface area is 189 Å². The zero-order valence-corrected chi connectivity index (χ0v) is 19.8. The Morgan fingerprint density at radius 2 is 1.90 bits per heavy atom. The first-order valence-corrected chi connectivity index (χ1v) is 11.1. The molecule has 162 valence electrons. The first-order chi connectivity index (χ1) is 13.7. The Hall–Kier alpha value is -2.06. The highest BCUT2D eigenvalue weighted by molar-refractivity contribution is 7.90. The topological polar surface area (TPSA) is 68.9 Å². The van der Waals surface area contributed by atoms with Crippen LogP contribution in [0.1, 0.15) is 27.6 Å². The Balaban J connectivity index is 0.00000320. The van der Waals surface area contributed by atoms with E-state index in [1.165, 1.54) is 14.7 Å². The third-order valence-electron chi connectivity index (χ3n) is 5.03. The van der Waals surface area contributed by atoms with Crippen molar-refractivity contribution < 1.29 is 8.42 Å². The van der Waals surface area contributed by atoms with Gasteiger partial charge in [-0.05, 0) is 37.6 Å². The summed E-state index contributed by atoms with van der Waals surface area (Å²) in [6.45, 7) is 8.03. The van der Waals surface area contributed by atoms with Crippen molar-refractivity contribution in [3.63, 3.8) is 0 Å². The molecule has 30 heavy (non-hydrogen) atoms. The highest BCUT2D eigenvalue weighted by Crippen LogP contribution is 2.37. The molecule has 1 unspecified atom stereocenters. The Kier molecular flexibility index (Phi) is 7.58. The summed E-state index contributed by atoms with van der Waals surface area (Å²) in [5, 5.41) is 6.64. The van der Waals surface area contributed by atoms with Crippen molar-refractivity contribution in [2.45, 2.75) is 25.6 Å². The molecule has 2 aromatic heterocycles. The number of aromatic nitrogens is 3. The van der Waals surface area contributed by atoms with E-state index in [0.717, 1.165) is 16.7 Å². The molecule has 0 aliphatic carbocycles. The monoisotopic (exact) mass is 468 g/mol. The molecule has 0 fully saturated rings. The average Bonchev–Trinajstić information content (AvgIpc) is 3.15. The molecule has 1 aromatic carbocycles. The molecule has 0 bridgehead atoms. The van der Waals surface area contributed by atoms with Crippen LogP contribution in [0.15, 0.2) is 49.2 Å². The van der Waals surface area contributed by atoms with Crippen LogP contribution in [0.5, 0.6) is 0 Å². The largest absolute Gasteiger partial charge is 0.316 e. The number of hydrogen-bond acceptors (Lipinski definition) is 4. The maximum atomic E-state index is 13.8. The molecule has 0 radical (unpaired) electrons. The van der Waals surface area contributed by atoms with Crippen LogP contribution in [0, 0.1) is 13.8 Å². The molecule has 9 heteroatoms.